The topological polar surface area (TPSA) is 35.5 Å². The second-order valence-corrected chi connectivity index (χ2v) is 5.96. The molecule has 0 aromatic heterocycles. The number of ketones is 1. The molecule has 2 aromatic rings. The smallest absolute Gasteiger partial charge is 0.194 e. The third kappa shape index (κ3) is 3.06. The lowest BCUT2D eigenvalue weighted by atomic mass is 10.0. The van der Waals surface area contributed by atoms with Crippen molar-refractivity contribution in [2.24, 2.45) is 0 Å². The van der Waals surface area contributed by atoms with Crippen molar-refractivity contribution in [2.75, 3.05) is 13.2 Å². The quantitative estimate of drug-likeness (QED) is 0.733. The van der Waals surface area contributed by atoms with Crippen LogP contribution in [0.3, 0.4) is 0 Å². The molecule has 3 rings (SSSR count). The molecule has 0 amide bonds. The van der Waals surface area contributed by atoms with Gasteiger partial charge in [-0.2, -0.15) is 0 Å². The average Bonchev–Trinajstić information content (AvgIpc) is 2.71. The van der Waals surface area contributed by atoms with Gasteiger partial charge in [0.25, 0.3) is 0 Å². The van der Waals surface area contributed by atoms with Crippen LogP contribution >= 0.6 is 27.5 Å². The third-order valence-corrected chi connectivity index (χ3v) is 4.10. The zero-order chi connectivity index (χ0) is 14.8. The Labute approximate surface area is 136 Å². The van der Waals surface area contributed by atoms with E-state index in [0.717, 1.165) is 6.42 Å². The lowest BCUT2D eigenvalue weighted by Gasteiger charge is -2.11. The summed E-state index contributed by atoms with van der Waals surface area (Å²) < 4.78 is 11.9. The van der Waals surface area contributed by atoms with Crippen LogP contribution in [0, 0.1) is 0 Å². The molecule has 1 aliphatic heterocycles. The number of benzene rings is 2. The number of carbonyl (C=O) groups is 1. The lowest BCUT2D eigenvalue weighted by molar-refractivity contribution is 0.103. The fraction of sp³-hybridized carbons (Fsp3) is 0.188. The van der Waals surface area contributed by atoms with Gasteiger partial charge in [-0.1, -0.05) is 11.6 Å². The van der Waals surface area contributed by atoms with E-state index >= 15 is 0 Å². The molecule has 5 heteroatoms. The number of ether oxygens (including phenoxy) is 2. The van der Waals surface area contributed by atoms with E-state index in [9.17, 15) is 4.79 Å². The van der Waals surface area contributed by atoms with Gasteiger partial charge in [0.05, 0.1) is 13.2 Å². The molecule has 21 heavy (non-hydrogen) atoms. The van der Waals surface area contributed by atoms with Crippen molar-refractivity contribution in [3.05, 3.63) is 57.0 Å². The molecule has 0 fully saturated rings. The minimum absolute atomic E-state index is 0.0887. The summed E-state index contributed by atoms with van der Waals surface area (Å²) in [7, 11) is 0. The average molecular weight is 368 g/mol. The Morgan fingerprint density at radius 2 is 1.67 bits per heavy atom. The number of hydrogen-bond donors (Lipinski definition) is 0. The Balaban J connectivity index is 2.00. The Hall–Kier alpha value is -1.52. The highest BCUT2D eigenvalue weighted by molar-refractivity contribution is 9.10. The highest BCUT2D eigenvalue weighted by atomic mass is 79.9. The van der Waals surface area contributed by atoms with E-state index in [1.54, 1.807) is 36.4 Å². The van der Waals surface area contributed by atoms with Crippen molar-refractivity contribution in [2.45, 2.75) is 6.42 Å². The summed E-state index contributed by atoms with van der Waals surface area (Å²) in [4.78, 5) is 12.6. The molecule has 1 aliphatic rings. The van der Waals surface area contributed by atoms with E-state index in [2.05, 4.69) is 15.9 Å². The Morgan fingerprint density at radius 3 is 2.33 bits per heavy atom. The second-order valence-electron chi connectivity index (χ2n) is 4.67. The van der Waals surface area contributed by atoms with Crippen LogP contribution in [-0.4, -0.2) is 19.0 Å². The van der Waals surface area contributed by atoms with Crippen molar-refractivity contribution in [1.82, 2.24) is 0 Å². The van der Waals surface area contributed by atoms with Gasteiger partial charge in [-0.15, -0.1) is 0 Å². The molecular formula is C16H12BrClO3. The number of halogens is 2. The van der Waals surface area contributed by atoms with Gasteiger partial charge in [0.2, 0.25) is 0 Å². The van der Waals surface area contributed by atoms with Gasteiger partial charge in [-0.25, -0.2) is 0 Å². The molecular weight excluding hydrogens is 356 g/mol. The maximum Gasteiger partial charge on any atom is 0.194 e. The predicted octanol–water partition coefficient (Wildman–Crippen LogP) is 4.49. The standard InChI is InChI=1S/C16H12BrClO3/c17-13-9-15-14(20-6-1-7-21-15)8-12(13)16(19)10-2-4-11(18)5-3-10/h2-5,8-9H,1,6-7H2. The molecule has 1 heterocycles. The number of fused-ring (bicyclic) bond motifs is 1. The Morgan fingerprint density at radius 1 is 1.05 bits per heavy atom. The van der Waals surface area contributed by atoms with Gasteiger partial charge < -0.3 is 9.47 Å². The van der Waals surface area contributed by atoms with Crippen LogP contribution in [0.15, 0.2) is 40.9 Å². The minimum atomic E-state index is -0.0887. The normalized spacial score (nSPS) is 13.6. The summed E-state index contributed by atoms with van der Waals surface area (Å²) in [5.41, 5.74) is 1.12. The van der Waals surface area contributed by atoms with E-state index in [0.29, 0.717) is 45.3 Å². The molecule has 0 bridgehead atoms. The van der Waals surface area contributed by atoms with E-state index in [-0.39, 0.29) is 5.78 Å². The van der Waals surface area contributed by atoms with E-state index < -0.39 is 0 Å². The van der Waals surface area contributed by atoms with Gasteiger partial charge in [-0.05, 0) is 52.3 Å². The second kappa shape index (κ2) is 6.08. The van der Waals surface area contributed by atoms with Crippen molar-refractivity contribution in [3.63, 3.8) is 0 Å². The molecule has 0 atom stereocenters. The first kappa shape index (κ1) is 14.4. The Bertz CT molecular complexity index is 683. The van der Waals surface area contributed by atoms with Crippen molar-refractivity contribution >= 4 is 33.3 Å². The molecule has 0 radical (unpaired) electrons. The van der Waals surface area contributed by atoms with Crippen LogP contribution in [0.5, 0.6) is 11.5 Å². The first-order valence-corrected chi connectivity index (χ1v) is 7.71. The van der Waals surface area contributed by atoms with Crippen molar-refractivity contribution in [1.29, 1.82) is 0 Å². The van der Waals surface area contributed by atoms with Crippen molar-refractivity contribution in [3.8, 4) is 11.5 Å². The van der Waals surface area contributed by atoms with Crippen LogP contribution in [0.25, 0.3) is 0 Å². The van der Waals surface area contributed by atoms with Crippen LogP contribution in [0.2, 0.25) is 5.02 Å². The highest BCUT2D eigenvalue weighted by Crippen LogP contribution is 2.36. The van der Waals surface area contributed by atoms with Gasteiger partial charge in [0.1, 0.15) is 0 Å². The fourth-order valence-electron chi connectivity index (χ4n) is 2.11. The zero-order valence-corrected chi connectivity index (χ0v) is 13.4. The fourth-order valence-corrected chi connectivity index (χ4v) is 2.74. The summed E-state index contributed by atoms with van der Waals surface area (Å²) in [5.74, 6) is 1.18. The predicted molar refractivity (Wildman–Crippen MR) is 84.6 cm³/mol. The van der Waals surface area contributed by atoms with Crippen LogP contribution in [-0.2, 0) is 0 Å². The maximum absolute atomic E-state index is 12.6. The molecule has 2 aromatic carbocycles. The molecule has 0 N–H and O–H groups in total. The van der Waals surface area contributed by atoms with Crippen molar-refractivity contribution < 1.29 is 14.3 Å². The third-order valence-electron chi connectivity index (χ3n) is 3.19. The van der Waals surface area contributed by atoms with E-state index in [1.165, 1.54) is 0 Å². The molecule has 3 nitrogen and oxygen atoms in total. The van der Waals surface area contributed by atoms with Crippen LogP contribution in [0.4, 0.5) is 0 Å². The lowest BCUT2D eigenvalue weighted by Crippen LogP contribution is -2.03. The highest BCUT2D eigenvalue weighted by Gasteiger charge is 2.19. The summed E-state index contributed by atoms with van der Waals surface area (Å²) in [5, 5.41) is 0.601. The van der Waals surface area contributed by atoms with E-state index in [1.807, 2.05) is 0 Å². The first-order chi connectivity index (χ1) is 10.1. The van der Waals surface area contributed by atoms with Gasteiger partial charge in [0.15, 0.2) is 17.3 Å². The summed E-state index contributed by atoms with van der Waals surface area (Å²) >= 11 is 9.28. The molecule has 108 valence electrons. The number of carbonyl (C=O) groups excluding carboxylic acids is 1. The monoisotopic (exact) mass is 366 g/mol. The molecule has 0 unspecified atom stereocenters. The molecule has 0 saturated carbocycles. The molecule has 0 aliphatic carbocycles. The van der Waals surface area contributed by atoms with E-state index in [4.69, 9.17) is 21.1 Å². The zero-order valence-electron chi connectivity index (χ0n) is 11.1. The number of hydrogen-bond acceptors (Lipinski definition) is 3. The summed E-state index contributed by atoms with van der Waals surface area (Å²) in [6.07, 6.45) is 0.826. The van der Waals surface area contributed by atoms with Gasteiger partial charge in [0, 0.05) is 27.0 Å². The number of rotatable bonds is 2. The SMILES string of the molecule is O=C(c1ccc(Cl)cc1)c1cc2c(cc1Br)OCCCO2. The van der Waals surface area contributed by atoms with Gasteiger partial charge in [-0.3, -0.25) is 4.79 Å². The molecule has 0 spiro atoms. The van der Waals surface area contributed by atoms with Gasteiger partial charge >= 0.3 is 0 Å². The largest absolute Gasteiger partial charge is 0.490 e. The minimum Gasteiger partial charge on any atom is -0.490 e. The first-order valence-electron chi connectivity index (χ1n) is 6.54. The summed E-state index contributed by atoms with van der Waals surface area (Å²) in [6, 6.07) is 10.3. The maximum atomic E-state index is 12.6. The van der Waals surface area contributed by atoms with Crippen LogP contribution in [0.1, 0.15) is 22.3 Å². The summed E-state index contributed by atoms with van der Waals surface area (Å²) in [6.45, 7) is 1.20. The Kier molecular flexibility index (Phi) is 4.17. The van der Waals surface area contributed by atoms with Crippen LogP contribution < -0.4 is 9.47 Å². The molecule has 0 saturated heterocycles.